The van der Waals surface area contributed by atoms with Crippen LogP contribution in [0.1, 0.15) is 32.4 Å². The summed E-state index contributed by atoms with van der Waals surface area (Å²) in [5, 5.41) is 16.1. The molecule has 0 bridgehead atoms. The van der Waals surface area contributed by atoms with Gasteiger partial charge in [0.1, 0.15) is 30.5 Å². The predicted octanol–water partition coefficient (Wildman–Crippen LogP) is 2.85. The molecule has 1 N–H and O–H groups in total. The van der Waals surface area contributed by atoms with Crippen LogP contribution >= 0.6 is 11.6 Å². The monoisotopic (exact) mass is 321 g/mol. The molecule has 1 aromatic carbocycles. The normalized spacial score (nSPS) is 24.0. The Labute approximate surface area is 134 Å². The molecule has 0 radical (unpaired) electrons. The molecular weight excluding hydrogens is 302 g/mol. The van der Waals surface area contributed by atoms with Crippen LogP contribution < -0.4 is 0 Å². The van der Waals surface area contributed by atoms with E-state index in [2.05, 4.69) is 10.1 Å². The Morgan fingerprint density at radius 3 is 2.50 bits per heavy atom. The largest absolute Gasteiger partial charge is 0.385 e. The van der Waals surface area contributed by atoms with Crippen molar-refractivity contribution < 1.29 is 9.84 Å². The van der Waals surface area contributed by atoms with Gasteiger partial charge in [0.2, 0.25) is 0 Å². The van der Waals surface area contributed by atoms with Gasteiger partial charge in [0, 0.05) is 5.02 Å². The van der Waals surface area contributed by atoms with Gasteiger partial charge in [0.15, 0.2) is 0 Å². The van der Waals surface area contributed by atoms with Crippen molar-refractivity contribution in [2.45, 2.75) is 45.1 Å². The summed E-state index contributed by atoms with van der Waals surface area (Å²) in [4.78, 5) is 3.94. The first kappa shape index (κ1) is 15.5. The van der Waals surface area contributed by atoms with Gasteiger partial charge in [-0.1, -0.05) is 44.5 Å². The molecule has 1 fully saturated rings. The number of halogens is 1. The summed E-state index contributed by atoms with van der Waals surface area (Å²) < 4.78 is 7.47. The van der Waals surface area contributed by atoms with Crippen molar-refractivity contribution >= 4 is 11.6 Å². The number of epoxide rings is 1. The minimum absolute atomic E-state index is 0.120. The Hall–Kier alpha value is -1.43. The number of hydrogen-bond acceptors (Lipinski definition) is 4. The first-order chi connectivity index (χ1) is 10.3. The van der Waals surface area contributed by atoms with Crippen LogP contribution in [0.2, 0.25) is 5.02 Å². The highest BCUT2D eigenvalue weighted by atomic mass is 35.5. The number of benzene rings is 1. The third-order valence-electron chi connectivity index (χ3n) is 4.33. The van der Waals surface area contributed by atoms with Crippen LogP contribution in [-0.4, -0.2) is 31.6 Å². The molecule has 1 aliphatic rings. The summed E-state index contributed by atoms with van der Waals surface area (Å²) in [6, 6.07) is 7.55. The van der Waals surface area contributed by atoms with Gasteiger partial charge in [0.05, 0.1) is 6.54 Å². The molecule has 0 unspecified atom stereocenters. The second-order valence-electron chi connectivity index (χ2n) is 6.80. The van der Waals surface area contributed by atoms with Gasteiger partial charge in [-0.3, -0.25) is 0 Å². The maximum atomic E-state index is 11.3. The summed E-state index contributed by atoms with van der Waals surface area (Å²) in [7, 11) is 0. The molecule has 0 amide bonds. The highest BCUT2D eigenvalue weighted by Gasteiger charge is 2.60. The highest BCUT2D eigenvalue weighted by Crippen LogP contribution is 2.51. The molecule has 2 aromatic rings. The van der Waals surface area contributed by atoms with E-state index in [1.807, 2.05) is 45.0 Å². The number of aromatic nitrogens is 3. The van der Waals surface area contributed by atoms with Crippen LogP contribution in [0, 0.1) is 5.41 Å². The minimum atomic E-state index is -1.05. The van der Waals surface area contributed by atoms with E-state index in [1.54, 1.807) is 11.0 Å². The third-order valence-corrected chi connectivity index (χ3v) is 4.58. The molecule has 118 valence electrons. The molecule has 0 saturated carbocycles. The zero-order valence-corrected chi connectivity index (χ0v) is 13.7. The van der Waals surface area contributed by atoms with Crippen LogP contribution in [0.4, 0.5) is 0 Å². The van der Waals surface area contributed by atoms with Crippen molar-refractivity contribution in [3.05, 3.63) is 47.5 Å². The Morgan fingerprint density at radius 2 is 1.95 bits per heavy atom. The Morgan fingerprint density at radius 1 is 1.27 bits per heavy atom. The van der Waals surface area contributed by atoms with Gasteiger partial charge in [-0.15, -0.1) is 0 Å². The number of nitrogens with zero attached hydrogens (tertiary/aromatic N) is 3. The molecule has 0 spiro atoms. The number of ether oxygens (including phenoxy) is 1. The average Bonchev–Trinajstić information content (AvgIpc) is 3.09. The third kappa shape index (κ3) is 2.76. The Bertz CT molecular complexity index is 636. The fourth-order valence-electron chi connectivity index (χ4n) is 2.70. The quantitative estimate of drug-likeness (QED) is 0.880. The summed E-state index contributed by atoms with van der Waals surface area (Å²) in [6.45, 7) is 6.35. The topological polar surface area (TPSA) is 63.5 Å². The SMILES string of the molecule is CC(C)(C)[C@@](O)(Cn1cncn1)[C@@H]1O[C@H]1c1ccc(Cl)cc1. The van der Waals surface area contributed by atoms with Gasteiger partial charge in [-0.05, 0) is 23.1 Å². The summed E-state index contributed by atoms with van der Waals surface area (Å²) in [6.07, 6.45) is 2.67. The fraction of sp³-hybridized carbons (Fsp3) is 0.500. The maximum absolute atomic E-state index is 11.3. The van der Waals surface area contributed by atoms with Crippen molar-refractivity contribution in [2.75, 3.05) is 0 Å². The van der Waals surface area contributed by atoms with Crippen molar-refractivity contribution in [3.63, 3.8) is 0 Å². The highest BCUT2D eigenvalue weighted by molar-refractivity contribution is 6.30. The van der Waals surface area contributed by atoms with Gasteiger partial charge in [-0.25, -0.2) is 9.67 Å². The van der Waals surface area contributed by atoms with Crippen molar-refractivity contribution in [1.82, 2.24) is 14.8 Å². The van der Waals surface area contributed by atoms with Gasteiger partial charge in [-0.2, -0.15) is 5.10 Å². The lowest BCUT2D eigenvalue weighted by molar-refractivity contribution is -0.0925. The first-order valence-electron chi connectivity index (χ1n) is 7.27. The number of aliphatic hydroxyl groups is 1. The van der Waals surface area contributed by atoms with E-state index in [0.717, 1.165) is 5.56 Å². The zero-order chi connectivity index (χ0) is 16.0. The fourth-order valence-corrected chi connectivity index (χ4v) is 2.82. The average molecular weight is 322 g/mol. The van der Waals surface area contributed by atoms with Gasteiger partial charge < -0.3 is 9.84 Å². The van der Waals surface area contributed by atoms with E-state index in [9.17, 15) is 5.11 Å². The van der Waals surface area contributed by atoms with Crippen LogP contribution in [-0.2, 0) is 11.3 Å². The molecule has 1 saturated heterocycles. The molecule has 3 atom stereocenters. The van der Waals surface area contributed by atoms with E-state index >= 15 is 0 Å². The van der Waals surface area contributed by atoms with E-state index in [1.165, 1.54) is 6.33 Å². The minimum Gasteiger partial charge on any atom is -0.385 e. The maximum Gasteiger partial charge on any atom is 0.137 e. The standard InChI is InChI=1S/C16H20ClN3O2/c1-15(2,3)16(21,8-20-10-18-9-19-20)14-13(22-14)11-4-6-12(17)7-5-11/h4-7,9-10,13-14,21H,8H2,1-3H3/t13-,14+,16+/m0/s1. The molecule has 1 aliphatic heterocycles. The smallest absolute Gasteiger partial charge is 0.137 e. The molecule has 2 heterocycles. The molecule has 6 heteroatoms. The number of rotatable bonds is 4. The van der Waals surface area contributed by atoms with Crippen molar-refractivity contribution in [3.8, 4) is 0 Å². The number of hydrogen-bond donors (Lipinski definition) is 1. The van der Waals surface area contributed by atoms with E-state index in [0.29, 0.717) is 11.6 Å². The summed E-state index contributed by atoms with van der Waals surface area (Å²) in [5.74, 6) is 0. The van der Waals surface area contributed by atoms with Crippen molar-refractivity contribution in [2.24, 2.45) is 5.41 Å². The predicted molar refractivity (Wildman–Crippen MR) is 83.5 cm³/mol. The van der Waals surface area contributed by atoms with Crippen LogP contribution in [0.3, 0.4) is 0 Å². The Kier molecular flexibility index (Phi) is 3.75. The van der Waals surface area contributed by atoms with Crippen LogP contribution in [0.5, 0.6) is 0 Å². The Balaban J connectivity index is 1.84. The molecule has 5 nitrogen and oxygen atoms in total. The summed E-state index contributed by atoms with van der Waals surface area (Å²) in [5.41, 5.74) is -0.397. The lowest BCUT2D eigenvalue weighted by Gasteiger charge is -2.39. The van der Waals surface area contributed by atoms with E-state index in [4.69, 9.17) is 16.3 Å². The van der Waals surface area contributed by atoms with Gasteiger partial charge in [0.25, 0.3) is 0 Å². The van der Waals surface area contributed by atoms with Crippen molar-refractivity contribution in [1.29, 1.82) is 0 Å². The lowest BCUT2D eigenvalue weighted by Crippen LogP contribution is -2.51. The van der Waals surface area contributed by atoms with E-state index < -0.39 is 5.60 Å². The molecular formula is C16H20ClN3O2. The zero-order valence-electron chi connectivity index (χ0n) is 12.9. The molecule has 0 aliphatic carbocycles. The molecule has 3 rings (SSSR count). The summed E-state index contributed by atoms with van der Waals surface area (Å²) >= 11 is 5.92. The van der Waals surface area contributed by atoms with Crippen LogP contribution in [0.25, 0.3) is 0 Å². The van der Waals surface area contributed by atoms with Crippen LogP contribution in [0.15, 0.2) is 36.9 Å². The second-order valence-corrected chi connectivity index (χ2v) is 7.23. The molecule has 1 aromatic heterocycles. The first-order valence-corrected chi connectivity index (χ1v) is 7.65. The lowest BCUT2D eigenvalue weighted by atomic mass is 9.73. The van der Waals surface area contributed by atoms with Gasteiger partial charge >= 0.3 is 0 Å². The molecule has 22 heavy (non-hydrogen) atoms. The second kappa shape index (κ2) is 5.33. The van der Waals surface area contributed by atoms with E-state index in [-0.39, 0.29) is 17.6 Å².